The number of anilines is 3. The lowest BCUT2D eigenvalue weighted by Crippen LogP contribution is -2.65. The van der Waals surface area contributed by atoms with E-state index >= 15 is 0 Å². The molecule has 1 aromatic rings. The second kappa shape index (κ2) is 12.4. The Bertz CT molecular complexity index is 947. The fourth-order valence-electron chi connectivity index (χ4n) is 4.11. The van der Waals surface area contributed by atoms with Crippen LogP contribution in [0.3, 0.4) is 0 Å². The molecule has 2 heterocycles. The van der Waals surface area contributed by atoms with Gasteiger partial charge in [-0.2, -0.15) is 0 Å². The highest BCUT2D eigenvalue weighted by atomic mass is 16.7. The Morgan fingerprint density at radius 1 is 0.811 bits per heavy atom. The molecule has 0 spiro atoms. The minimum absolute atomic E-state index is 0.211. The van der Waals surface area contributed by atoms with Gasteiger partial charge < -0.3 is 65.9 Å². The Hall–Kier alpha value is -2.44. The average Bonchev–Trinajstić information content (AvgIpc) is 2.84. The average molecular weight is 532 g/mol. The first-order chi connectivity index (χ1) is 17.5. The van der Waals surface area contributed by atoms with E-state index in [1.807, 2.05) is 0 Å². The molecule has 1 aromatic carbocycles. The molecule has 15 heteroatoms. The number of carbonyl (C=O) groups is 2. The largest absolute Gasteiger partial charge is 0.394 e. The number of nitrogens with one attached hydrogen (secondary N) is 3. The van der Waals surface area contributed by atoms with Crippen LogP contribution in [0.15, 0.2) is 18.2 Å². The fraction of sp³-hybridized carbons (Fsp3) is 0.636. The van der Waals surface area contributed by atoms with E-state index in [0.717, 1.165) is 0 Å². The Labute approximate surface area is 211 Å². The second-order valence-corrected chi connectivity index (χ2v) is 8.82. The third-order valence-electron chi connectivity index (χ3n) is 5.95. The van der Waals surface area contributed by atoms with E-state index in [1.165, 1.54) is 32.0 Å². The van der Waals surface area contributed by atoms with Crippen LogP contribution < -0.4 is 16.0 Å². The van der Waals surface area contributed by atoms with Crippen LogP contribution in [0.4, 0.5) is 17.1 Å². The van der Waals surface area contributed by atoms with Gasteiger partial charge in [0.2, 0.25) is 11.8 Å². The number of aliphatic hydroxyl groups is 7. The predicted molar refractivity (Wildman–Crippen MR) is 125 cm³/mol. The summed E-state index contributed by atoms with van der Waals surface area (Å²) in [6, 6.07) is 4.49. The van der Waals surface area contributed by atoms with Crippen molar-refractivity contribution < 1.29 is 59.5 Å². The molecule has 2 amide bonds. The third kappa shape index (κ3) is 6.71. The Kier molecular flexibility index (Phi) is 9.76. The van der Waals surface area contributed by atoms with Crippen molar-refractivity contribution in [3.63, 3.8) is 0 Å². The molecular formula is C22H33N3O12. The first-order valence-corrected chi connectivity index (χ1v) is 11.5. The standard InChI is InChI=1S/C22H33N3O12/c1-8(28)23-10-3-4-11(24-9(2)29)12(5-10)25-21-18(33)17(32)20(14(7-27)35-21)37-22-19(34)16(31)15(30)13(6-26)36-22/h3-5,13-22,25-27,30-34H,6-7H2,1-2H3,(H,23,28)(H,24,29)/t13-,14-,15+,16+,17-,18+,19+,20+,21+,22+/m0/s1. The minimum atomic E-state index is -1.78. The number of ether oxygens (including phenoxy) is 3. The van der Waals surface area contributed by atoms with Gasteiger partial charge in [0.05, 0.1) is 24.6 Å². The van der Waals surface area contributed by atoms with E-state index < -0.39 is 80.5 Å². The number of benzene rings is 1. The number of rotatable bonds is 8. The predicted octanol–water partition coefficient (Wildman–Crippen LogP) is -3.36. The van der Waals surface area contributed by atoms with Crippen molar-refractivity contribution in [1.29, 1.82) is 0 Å². The zero-order chi connectivity index (χ0) is 27.4. The highest BCUT2D eigenvalue weighted by molar-refractivity contribution is 5.95. The molecule has 0 aliphatic carbocycles. The van der Waals surface area contributed by atoms with Crippen molar-refractivity contribution in [2.75, 3.05) is 29.2 Å². The summed E-state index contributed by atoms with van der Waals surface area (Å²) in [6.07, 6.45) is -15.6. The Balaban J connectivity index is 1.80. The number of hydrogen-bond donors (Lipinski definition) is 10. The number of aliphatic hydroxyl groups excluding tert-OH is 7. The molecule has 2 fully saturated rings. The molecule has 37 heavy (non-hydrogen) atoms. The topological polar surface area (TPSA) is 240 Å². The van der Waals surface area contributed by atoms with Crippen LogP contribution >= 0.6 is 0 Å². The lowest BCUT2D eigenvalue weighted by Gasteiger charge is -2.46. The van der Waals surface area contributed by atoms with Crippen molar-refractivity contribution in [3.05, 3.63) is 18.2 Å². The summed E-state index contributed by atoms with van der Waals surface area (Å²) in [5, 5.41) is 78.9. The summed E-state index contributed by atoms with van der Waals surface area (Å²) in [5.41, 5.74) is 0.840. The summed E-state index contributed by atoms with van der Waals surface area (Å²) in [5.74, 6) is -0.752. The van der Waals surface area contributed by atoms with E-state index in [0.29, 0.717) is 5.69 Å². The molecule has 0 unspecified atom stereocenters. The van der Waals surface area contributed by atoms with E-state index in [2.05, 4.69) is 16.0 Å². The van der Waals surface area contributed by atoms with Crippen LogP contribution in [0.1, 0.15) is 13.8 Å². The fourth-order valence-corrected chi connectivity index (χ4v) is 4.11. The summed E-state index contributed by atoms with van der Waals surface area (Å²) in [7, 11) is 0. The number of hydrogen-bond acceptors (Lipinski definition) is 13. The van der Waals surface area contributed by atoms with E-state index in [4.69, 9.17) is 14.2 Å². The maximum atomic E-state index is 11.6. The van der Waals surface area contributed by atoms with Crippen molar-refractivity contribution in [2.45, 2.75) is 75.2 Å². The third-order valence-corrected chi connectivity index (χ3v) is 5.95. The highest BCUT2D eigenvalue weighted by Crippen LogP contribution is 2.32. The van der Waals surface area contributed by atoms with Gasteiger partial charge in [-0.3, -0.25) is 9.59 Å². The zero-order valence-corrected chi connectivity index (χ0v) is 20.1. The van der Waals surface area contributed by atoms with E-state index in [-0.39, 0.29) is 17.3 Å². The highest BCUT2D eigenvalue weighted by Gasteiger charge is 2.50. The smallest absolute Gasteiger partial charge is 0.221 e. The molecule has 0 bridgehead atoms. The van der Waals surface area contributed by atoms with Crippen LogP contribution in [0.25, 0.3) is 0 Å². The Morgan fingerprint density at radius 2 is 1.46 bits per heavy atom. The molecule has 2 aliphatic rings. The summed E-state index contributed by atoms with van der Waals surface area (Å²) >= 11 is 0. The van der Waals surface area contributed by atoms with Gasteiger partial charge in [-0.1, -0.05) is 0 Å². The molecule has 0 radical (unpaired) electrons. The number of carbonyl (C=O) groups excluding carboxylic acids is 2. The van der Waals surface area contributed by atoms with Gasteiger partial charge in [0, 0.05) is 19.5 Å². The van der Waals surface area contributed by atoms with Crippen LogP contribution in [-0.4, -0.2) is 122 Å². The quantitative estimate of drug-likeness (QED) is 0.158. The first kappa shape index (κ1) is 29.1. The van der Waals surface area contributed by atoms with Gasteiger partial charge in [0.25, 0.3) is 0 Å². The van der Waals surface area contributed by atoms with Crippen molar-refractivity contribution >= 4 is 28.9 Å². The molecular weight excluding hydrogens is 498 g/mol. The van der Waals surface area contributed by atoms with Gasteiger partial charge in [0.15, 0.2) is 12.5 Å². The molecule has 3 rings (SSSR count). The molecule has 0 aromatic heterocycles. The SMILES string of the molecule is CC(=O)Nc1ccc(NC(C)=O)c(N[C@@H]2O[C@@H](CO)[C@@H](O[C@H]3O[C@@H](CO)[C@@H](O)[C@@H](O)[C@H]3O)[C@@H](O)[C@H]2O)c1. The summed E-state index contributed by atoms with van der Waals surface area (Å²) in [6.45, 7) is 1.17. The Morgan fingerprint density at radius 3 is 2.05 bits per heavy atom. The van der Waals surface area contributed by atoms with Crippen LogP contribution in [0.5, 0.6) is 0 Å². The van der Waals surface area contributed by atoms with Crippen molar-refractivity contribution in [2.24, 2.45) is 0 Å². The van der Waals surface area contributed by atoms with Gasteiger partial charge >= 0.3 is 0 Å². The van der Waals surface area contributed by atoms with Crippen LogP contribution in [0, 0.1) is 0 Å². The molecule has 15 nitrogen and oxygen atoms in total. The zero-order valence-electron chi connectivity index (χ0n) is 20.1. The van der Waals surface area contributed by atoms with Gasteiger partial charge in [-0.05, 0) is 18.2 Å². The van der Waals surface area contributed by atoms with E-state index in [1.54, 1.807) is 0 Å². The van der Waals surface area contributed by atoms with Crippen LogP contribution in [0.2, 0.25) is 0 Å². The van der Waals surface area contributed by atoms with E-state index in [9.17, 15) is 45.3 Å². The lowest BCUT2D eigenvalue weighted by atomic mass is 9.96. The first-order valence-electron chi connectivity index (χ1n) is 11.5. The molecule has 2 saturated heterocycles. The molecule has 10 N–H and O–H groups in total. The lowest BCUT2D eigenvalue weighted by molar-refractivity contribution is -0.340. The normalized spacial score (nSPS) is 36.0. The van der Waals surface area contributed by atoms with Crippen molar-refractivity contribution in [3.8, 4) is 0 Å². The maximum absolute atomic E-state index is 11.6. The van der Waals surface area contributed by atoms with Gasteiger partial charge in [0.1, 0.15) is 48.8 Å². The number of amides is 2. The maximum Gasteiger partial charge on any atom is 0.221 e. The monoisotopic (exact) mass is 531 g/mol. The minimum Gasteiger partial charge on any atom is -0.394 e. The molecule has 2 aliphatic heterocycles. The summed E-state index contributed by atoms with van der Waals surface area (Å²) in [4.78, 5) is 23.1. The van der Waals surface area contributed by atoms with Crippen molar-refractivity contribution in [1.82, 2.24) is 0 Å². The molecule has 208 valence electrons. The summed E-state index contributed by atoms with van der Waals surface area (Å²) < 4.78 is 16.5. The van der Waals surface area contributed by atoms with Gasteiger partial charge in [-0.15, -0.1) is 0 Å². The molecule has 0 saturated carbocycles. The van der Waals surface area contributed by atoms with Crippen LogP contribution in [-0.2, 0) is 23.8 Å². The van der Waals surface area contributed by atoms with Gasteiger partial charge in [-0.25, -0.2) is 0 Å². The second-order valence-electron chi connectivity index (χ2n) is 8.82. The molecule has 10 atom stereocenters.